The molecule has 0 saturated carbocycles. The second kappa shape index (κ2) is 6.20. The molecule has 4 heteroatoms. The number of anilines is 2. The van der Waals surface area contributed by atoms with Crippen LogP contribution in [0, 0.1) is 0 Å². The molecule has 0 bridgehead atoms. The van der Waals surface area contributed by atoms with Gasteiger partial charge in [-0.15, -0.1) is 0 Å². The van der Waals surface area contributed by atoms with Crippen LogP contribution in [-0.2, 0) is 0 Å². The van der Waals surface area contributed by atoms with Crippen LogP contribution in [0.15, 0.2) is 61.2 Å². The molecular weight excluding hydrogens is 308 g/mol. The van der Waals surface area contributed by atoms with Crippen LogP contribution < -0.4 is 9.80 Å². The third-order valence-electron chi connectivity index (χ3n) is 4.81. The van der Waals surface area contributed by atoms with Crippen LogP contribution >= 0.6 is 0 Å². The van der Waals surface area contributed by atoms with E-state index in [0.717, 1.165) is 46.9 Å². The van der Waals surface area contributed by atoms with E-state index in [-0.39, 0.29) is 6.17 Å². The lowest BCUT2D eigenvalue weighted by atomic mass is 10.0. The molecule has 126 valence electrons. The predicted molar refractivity (Wildman–Crippen MR) is 105 cm³/mol. The highest BCUT2D eigenvalue weighted by Crippen LogP contribution is 2.41. The summed E-state index contributed by atoms with van der Waals surface area (Å²) < 4.78 is 0. The number of para-hydroxylation sites is 2. The van der Waals surface area contributed by atoms with E-state index in [4.69, 9.17) is 9.97 Å². The molecule has 0 atom stereocenters. The van der Waals surface area contributed by atoms with Crippen molar-refractivity contribution in [2.24, 2.45) is 0 Å². The molecule has 1 aliphatic rings. The molecular formula is C21H22N4. The number of fused-ring (bicyclic) bond motifs is 2. The molecule has 0 unspecified atom stereocenters. The van der Waals surface area contributed by atoms with Gasteiger partial charge in [0.1, 0.15) is 6.17 Å². The number of likely N-dealkylation sites (N-methyl/N-ethyl adjacent to an activating group) is 2. The highest BCUT2D eigenvalue weighted by Gasteiger charge is 2.38. The molecule has 1 aliphatic heterocycles. The first-order valence-corrected chi connectivity index (χ1v) is 8.78. The third-order valence-corrected chi connectivity index (χ3v) is 4.81. The minimum atomic E-state index is 0.0456. The smallest absolute Gasteiger partial charge is 0.174 e. The Morgan fingerprint density at radius 3 is 1.80 bits per heavy atom. The number of hydrogen-bond acceptors (Lipinski definition) is 4. The maximum absolute atomic E-state index is 4.91. The van der Waals surface area contributed by atoms with Crippen molar-refractivity contribution >= 4 is 28.2 Å². The van der Waals surface area contributed by atoms with Gasteiger partial charge in [0, 0.05) is 13.1 Å². The van der Waals surface area contributed by atoms with Gasteiger partial charge in [-0.2, -0.15) is 0 Å². The Bertz CT molecular complexity index is 869. The third kappa shape index (κ3) is 2.45. The van der Waals surface area contributed by atoms with Gasteiger partial charge in [0.05, 0.1) is 11.0 Å². The molecule has 0 radical (unpaired) electrons. The molecule has 2 heterocycles. The Labute approximate surface area is 148 Å². The van der Waals surface area contributed by atoms with E-state index in [1.165, 1.54) is 0 Å². The molecule has 4 rings (SSSR count). The lowest BCUT2D eigenvalue weighted by Gasteiger charge is -2.32. The van der Waals surface area contributed by atoms with Crippen molar-refractivity contribution in [2.45, 2.75) is 20.0 Å². The number of aromatic nitrogens is 2. The second-order valence-corrected chi connectivity index (χ2v) is 6.20. The van der Waals surface area contributed by atoms with Crippen LogP contribution in [0.4, 0.5) is 11.6 Å². The fourth-order valence-corrected chi connectivity index (χ4v) is 3.59. The van der Waals surface area contributed by atoms with E-state index >= 15 is 0 Å². The fraction of sp³-hybridized carbons (Fsp3) is 0.238. The van der Waals surface area contributed by atoms with E-state index in [9.17, 15) is 0 Å². The minimum Gasteiger partial charge on any atom is -0.329 e. The maximum Gasteiger partial charge on any atom is 0.174 e. The van der Waals surface area contributed by atoms with Gasteiger partial charge in [-0.1, -0.05) is 49.0 Å². The van der Waals surface area contributed by atoms with Crippen molar-refractivity contribution in [1.82, 2.24) is 9.97 Å². The van der Waals surface area contributed by atoms with E-state index < -0.39 is 0 Å². The molecule has 1 aromatic heterocycles. The lowest BCUT2D eigenvalue weighted by molar-refractivity contribution is 0.701. The van der Waals surface area contributed by atoms with Crippen molar-refractivity contribution in [3.8, 4) is 0 Å². The van der Waals surface area contributed by atoms with Crippen molar-refractivity contribution in [3.05, 3.63) is 66.7 Å². The van der Waals surface area contributed by atoms with Gasteiger partial charge < -0.3 is 9.80 Å². The van der Waals surface area contributed by atoms with Crippen LogP contribution in [0.1, 0.15) is 19.4 Å². The van der Waals surface area contributed by atoms with Crippen molar-refractivity contribution < 1.29 is 0 Å². The van der Waals surface area contributed by atoms with Gasteiger partial charge >= 0.3 is 0 Å². The van der Waals surface area contributed by atoms with E-state index in [2.05, 4.69) is 54.5 Å². The Kier molecular flexibility index (Phi) is 3.88. The van der Waals surface area contributed by atoms with E-state index in [1.54, 1.807) is 0 Å². The molecule has 2 aromatic carbocycles. The standard InChI is InChI=1S/C21H22N4/c1-4-24-19-20(23-18-14-10-9-13-17(18)22-19)25(5-2)21(24)15(3)16-11-7-6-8-12-16/h6-14,21H,3-5H2,1-2H3. The Morgan fingerprint density at radius 2 is 1.32 bits per heavy atom. The van der Waals surface area contributed by atoms with Crippen LogP contribution in [-0.4, -0.2) is 29.2 Å². The molecule has 0 saturated heterocycles. The van der Waals surface area contributed by atoms with Crippen molar-refractivity contribution in [1.29, 1.82) is 0 Å². The summed E-state index contributed by atoms with van der Waals surface area (Å²) in [6, 6.07) is 18.4. The van der Waals surface area contributed by atoms with Crippen molar-refractivity contribution in [3.63, 3.8) is 0 Å². The normalized spacial score (nSPS) is 14.2. The SMILES string of the molecule is C=C(c1ccccc1)C1N(CC)c2nc3ccccc3nc2N1CC. The van der Waals surface area contributed by atoms with Gasteiger partial charge in [0.2, 0.25) is 0 Å². The van der Waals surface area contributed by atoms with Gasteiger partial charge in [-0.25, -0.2) is 9.97 Å². The quantitative estimate of drug-likeness (QED) is 0.712. The van der Waals surface area contributed by atoms with E-state index in [0.29, 0.717) is 0 Å². The zero-order valence-corrected chi connectivity index (χ0v) is 14.7. The van der Waals surface area contributed by atoms with Gasteiger partial charge in [-0.3, -0.25) is 0 Å². The largest absolute Gasteiger partial charge is 0.329 e. The molecule has 0 spiro atoms. The molecule has 0 aliphatic carbocycles. The predicted octanol–water partition coefficient (Wildman–Crippen LogP) is 4.34. The zero-order chi connectivity index (χ0) is 17.4. The highest BCUT2D eigenvalue weighted by molar-refractivity contribution is 5.87. The second-order valence-electron chi connectivity index (χ2n) is 6.20. The summed E-state index contributed by atoms with van der Waals surface area (Å²) in [6.45, 7) is 10.4. The van der Waals surface area contributed by atoms with Crippen LogP contribution in [0.2, 0.25) is 0 Å². The monoisotopic (exact) mass is 330 g/mol. The molecule has 3 aromatic rings. The summed E-state index contributed by atoms with van der Waals surface area (Å²) in [4.78, 5) is 14.4. The fourth-order valence-electron chi connectivity index (χ4n) is 3.59. The first kappa shape index (κ1) is 15.6. The molecule has 4 nitrogen and oxygen atoms in total. The lowest BCUT2D eigenvalue weighted by Crippen LogP contribution is -2.44. The Balaban J connectivity index is 1.85. The number of benzene rings is 2. The number of nitrogens with zero attached hydrogens (tertiary/aromatic N) is 4. The highest BCUT2D eigenvalue weighted by atomic mass is 15.5. The van der Waals surface area contributed by atoms with Crippen LogP contribution in [0.25, 0.3) is 16.6 Å². The van der Waals surface area contributed by atoms with Crippen molar-refractivity contribution in [2.75, 3.05) is 22.9 Å². The summed E-state index contributed by atoms with van der Waals surface area (Å²) in [6.07, 6.45) is 0.0456. The number of hydrogen-bond donors (Lipinski definition) is 0. The molecule has 0 N–H and O–H groups in total. The van der Waals surface area contributed by atoms with E-state index in [1.807, 2.05) is 30.3 Å². The summed E-state index contributed by atoms with van der Waals surface area (Å²) in [7, 11) is 0. The average molecular weight is 330 g/mol. The Morgan fingerprint density at radius 1 is 0.840 bits per heavy atom. The minimum absolute atomic E-state index is 0.0456. The zero-order valence-electron chi connectivity index (χ0n) is 14.7. The summed E-state index contributed by atoms with van der Waals surface area (Å²) >= 11 is 0. The first-order valence-electron chi connectivity index (χ1n) is 8.78. The molecule has 25 heavy (non-hydrogen) atoms. The van der Waals surface area contributed by atoms with Gasteiger partial charge in [0.15, 0.2) is 11.6 Å². The molecule has 0 amide bonds. The average Bonchev–Trinajstić information content (AvgIpc) is 2.98. The maximum atomic E-state index is 4.91. The Hall–Kier alpha value is -2.88. The topological polar surface area (TPSA) is 32.3 Å². The van der Waals surface area contributed by atoms with Gasteiger partial charge in [-0.05, 0) is 37.1 Å². The molecule has 0 fully saturated rings. The summed E-state index contributed by atoms with van der Waals surface area (Å²) in [5.41, 5.74) is 4.10. The van der Waals surface area contributed by atoms with Crippen LogP contribution in [0.5, 0.6) is 0 Å². The summed E-state index contributed by atoms with van der Waals surface area (Å²) in [5, 5.41) is 0. The van der Waals surface area contributed by atoms with Crippen LogP contribution in [0.3, 0.4) is 0 Å². The summed E-state index contributed by atoms with van der Waals surface area (Å²) in [5.74, 6) is 1.90. The first-order chi connectivity index (χ1) is 12.2. The van der Waals surface area contributed by atoms with Gasteiger partial charge in [0.25, 0.3) is 0 Å². The number of rotatable bonds is 4.